The van der Waals surface area contributed by atoms with E-state index in [1.165, 1.54) is 55.5 Å². The van der Waals surface area contributed by atoms with E-state index in [0.29, 0.717) is 0 Å². The molecule has 1 aromatic carbocycles. The monoisotopic (exact) mass is 368 g/mol. The first kappa shape index (κ1) is 19.7. The van der Waals surface area contributed by atoms with Crippen LogP contribution in [0.2, 0.25) is 0 Å². The Hall–Kier alpha value is -2.10. The molecular weight excluding hydrogens is 332 g/mol. The number of nitrogens with zero attached hydrogens (tertiary/aromatic N) is 4. The van der Waals surface area contributed by atoms with E-state index >= 15 is 0 Å². The molecule has 0 atom stereocenters. The van der Waals surface area contributed by atoms with Crippen LogP contribution in [0.3, 0.4) is 0 Å². The zero-order valence-electron chi connectivity index (χ0n) is 17.4. The lowest BCUT2D eigenvalue weighted by Gasteiger charge is -2.23. The number of unbranched alkanes of at least 4 members (excludes halogenated alkanes) is 2. The van der Waals surface area contributed by atoms with Gasteiger partial charge >= 0.3 is 0 Å². The Morgan fingerprint density at radius 1 is 0.667 bits per heavy atom. The lowest BCUT2D eigenvalue weighted by atomic mass is 10.1. The van der Waals surface area contributed by atoms with Gasteiger partial charge in [-0.25, -0.2) is 0 Å². The molecule has 1 aromatic rings. The van der Waals surface area contributed by atoms with E-state index in [-0.39, 0.29) is 0 Å². The molecule has 0 saturated carbocycles. The van der Waals surface area contributed by atoms with E-state index in [1.807, 2.05) is 0 Å². The first-order valence-electron chi connectivity index (χ1n) is 10.6. The molecule has 0 saturated heterocycles. The maximum absolute atomic E-state index is 2.42. The second-order valence-electron chi connectivity index (χ2n) is 8.03. The van der Waals surface area contributed by atoms with E-state index in [9.17, 15) is 0 Å². The van der Waals surface area contributed by atoms with Gasteiger partial charge in [-0.3, -0.25) is 0 Å². The molecule has 0 aliphatic carbocycles. The predicted octanol–water partition coefficient (Wildman–Crippen LogP) is 4.69. The van der Waals surface area contributed by atoms with Crippen LogP contribution in [-0.4, -0.2) is 46.0 Å². The Kier molecular flexibility index (Phi) is 7.08. The van der Waals surface area contributed by atoms with Gasteiger partial charge in [-0.2, -0.15) is 0 Å². The summed E-state index contributed by atoms with van der Waals surface area (Å²) >= 11 is 0. The molecule has 4 nitrogen and oxygen atoms in total. The summed E-state index contributed by atoms with van der Waals surface area (Å²) in [4.78, 5) is 9.66. The number of benzene rings is 1. The van der Waals surface area contributed by atoms with Crippen molar-refractivity contribution < 1.29 is 0 Å². The number of hydrogen-bond acceptors (Lipinski definition) is 4. The standard InChI is InChI=1S/C23H36N4/c1-4-6-8-24-10-12-26(19-24)17-22-14-21(3)15-23(16-22)18-27-13-11-25(20-27)9-7-5-2/h10-16H,4-9,17-20H2,1-3H3. The Morgan fingerprint density at radius 3 is 1.56 bits per heavy atom. The van der Waals surface area contributed by atoms with Crippen LogP contribution in [0.25, 0.3) is 0 Å². The van der Waals surface area contributed by atoms with E-state index in [0.717, 1.165) is 26.4 Å². The Bertz CT molecular complexity index is 600. The predicted molar refractivity (Wildman–Crippen MR) is 114 cm³/mol. The largest absolute Gasteiger partial charge is 0.359 e. The minimum atomic E-state index is 0.992. The first-order valence-corrected chi connectivity index (χ1v) is 10.6. The topological polar surface area (TPSA) is 13.0 Å². The van der Waals surface area contributed by atoms with Crippen LogP contribution < -0.4 is 0 Å². The lowest BCUT2D eigenvalue weighted by molar-refractivity contribution is 0.255. The molecule has 0 aromatic heterocycles. The van der Waals surface area contributed by atoms with Gasteiger partial charge in [0.2, 0.25) is 0 Å². The summed E-state index contributed by atoms with van der Waals surface area (Å²) in [5.74, 6) is 0. The smallest absolute Gasteiger partial charge is 0.0897 e. The number of rotatable bonds is 10. The van der Waals surface area contributed by atoms with E-state index < -0.39 is 0 Å². The van der Waals surface area contributed by atoms with Crippen molar-refractivity contribution in [3.05, 3.63) is 59.7 Å². The molecule has 3 rings (SSSR count). The van der Waals surface area contributed by atoms with Gasteiger partial charge in [-0.05, 0) is 30.9 Å². The summed E-state index contributed by atoms with van der Waals surface area (Å²) in [6, 6.07) is 7.05. The molecule has 148 valence electrons. The third kappa shape index (κ3) is 5.95. The number of aryl methyl sites for hydroxylation is 1. The van der Waals surface area contributed by atoms with Crippen molar-refractivity contribution in [3.8, 4) is 0 Å². The van der Waals surface area contributed by atoms with E-state index in [2.05, 4.69) is 83.4 Å². The van der Waals surface area contributed by atoms with Crippen LogP contribution in [0.4, 0.5) is 0 Å². The van der Waals surface area contributed by atoms with Crippen LogP contribution in [0.5, 0.6) is 0 Å². The average molecular weight is 369 g/mol. The molecule has 4 heteroatoms. The van der Waals surface area contributed by atoms with Crippen molar-refractivity contribution in [3.63, 3.8) is 0 Å². The van der Waals surface area contributed by atoms with Crippen LogP contribution >= 0.6 is 0 Å². The SMILES string of the molecule is CCCCN1C=CN(Cc2cc(C)cc(CN3C=CN(CCCC)C3)c2)C1. The fourth-order valence-corrected chi connectivity index (χ4v) is 3.85. The van der Waals surface area contributed by atoms with E-state index in [4.69, 9.17) is 0 Å². The van der Waals surface area contributed by atoms with Gasteiger partial charge in [0.05, 0.1) is 13.3 Å². The molecule has 2 aliphatic heterocycles. The lowest BCUT2D eigenvalue weighted by Crippen LogP contribution is -2.26. The summed E-state index contributed by atoms with van der Waals surface area (Å²) in [6.07, 6.45) is 14.0. The molecule has 2 aliphatic rings. The van der Waals surface area contributed by atoms with Crippen LogP contribution in [-0.2, 0) is 13.1 Å². The molecule has 27 heavy (non-hydrogen) atoms. The Morgan fingerprint density at radius 2 is 1.11 bits per heavy atom. The Balaban J connectivity index is 1.53. The van der Waals surface area contributed by atoms with Crippen molar-refractivity contribution >= 4 is 0 Å². The highest BCUT2D eigenvalue weighted by Crippen LogP contribution is 2.18. The van der Waals surface area contributed by atoms with Crippen molar-refractivity contribution in [2.24, 2.45) is 0 Å². The second-order valence-corrected chi connectivity index (χ2v) is 8.03. The Labute approximate surface area is 165 Å². The van der Waals surface area contributed by atoms with Gasteiger partial charge < -0.3 is 19.6 Å². The van der Waals surface area contributed by atoms with E-state index in [1.54, 1.807) is 0 Å². The highest BCUT2D eigenvalue weighted by Gasteiger charge is 2.14. The highest BCUT2D eigenvalue weighted by molar-refractivity contribution is 5.30. The average Bonchev–Trinajstić information content (AvgIpc) is 3.27. The first-order chi connectivity index (χ1) is 13.2. The van der Waals surface area contributed by atoms with Gasteiger partial charge in [-0.15, -0.1) is 0 Å². The van der Waals surface area contributed by atoms with Gasteiger partial charge in [0.25, 0.3) is 0 Å². The molecule has 0 amide bonds. The maximum Gasteiger partial charge on any atom is 0.0897 e. The molecule has 0 bridgehead atoms. The number of hydrogen-bond donors (Lipinski definition) is 0. The summed E-state index contributed by atoms with van der Waals surface area (Å²) in [5.41, 5.74) is 4.19. The molecule has 0 fully saturated rings. The fourth-order valence-electron chi connectivity index (χ4n) is 3.85. The van der Waals surface area contributed by atoms with Crippen LogP contribution in [0.15, 0.2) is 43.0 Å². The maximum atomic E-state index is 2.42. The molecule has 0 N–H and O–H groups in total. The summed E-state index contributed by atoms with van der Waals surface area (Å²) in [5, 5.41) is 0. The minimum absolute atomic E-state index is 0.992. The highest BCUT2D eigenvalue weighted by atomic mass is 15.3. The summed E-state index contributed by atoms with van der Waals surface area (Å²) < 4.78 is 0. The normalized spacial score (nSPS) is 16.3. The molecule has 0 radical (unpaired) electrons. The molecule has 0 unspecified atom stereocenters. The zero-order chi connectivity index (χ0) is 19.1. The van der Waals surface area contributed by atoms with Crippen molar-refractivity contribution in [1.29, 1.82) is 0 Å². The summed E-state index contributed by atoms with van der Waals surface area (Å²) in [6.45, 7) is 13.1. The third-order valence-electron chi connectivity index (χ3n) is 5.27. The third-order valence-corrected chi connectivity index (χ3v) is 5.27. The molecule has 2 heterocycles. The molecule has 0 spiro atoms. The van der Waals surface area contributed by atoms with Crippen molar-refractivity contribution in [1.82, 2.24) is 19.6 Å². The summed E-state index contributed by atoms with van der Waals surface area (Å²) in [7, 11) is 0. The quantitative estimate of drug-likeness (QED) is 0.594. The van der Waals surface area contributed by atoms with Gasteiger partial charge in [0.1, 0.15) is 0 Å². The van der Waals surface area contributed by atoms with Gasteiger partial charge in [0.15, 0.2) is 0 Å². The van der Waals surface area contributed by atoms with Gasteiger partial charge in [-0.1, -0.05) is 50.5 Å². The van der Waals surface area contributed by atoms with Gasteiger partial charge in [0, 0.05) is 51.0 Å². The van der Waals surface area contributed by atoms with Crippen LogP contribution in [0, 0.1) is 6.92 Å². The molecular formula is C23H36N4. The fraction of sp³-hybridized carbons (Fsp3) is 0.565. The van der Waals surface area contributed by atoms with Crippen molar-refractivity contribution in [2.75, 3.05) is 26.4 Å². The van der Waals surface area contributed by atoms with Crippen LogP contribution in [0.1, 0.15) is 56.2 Å². The second kappa shape index (κ2) is 9.72. The zero-order valence-corrected chi connectivity index (χ0v) is 17.4. The van der Waals surface area contributed by atoms with Crippen molar-refractivity contribution in [2.45, 2.75) is 59.5 Å². The minimum Gasteiger partial charge on any atom is -0.359 e.